The second-order valence-electron chi connectivity index (χ2n) is 6.23. The minimum absolute atomic E-state index is 0.00870. The van der Waals surface area contributed by atoms with Crippen LogP contribution >= 0.6 is 0 Å². The third-order valence-electron chi connectivity index (χ3n) is 3.46. The third-order valence-corrected chi connectivity index (χ3v) is 3.46. The van der Waals surface area contributed by atoms with E-state index in [0.717, 1.165) is 19.3 Å². The lowest BCUT2D eigenvalue weighted by Crippen LogP contribution is -2.46. The quantitative estimate of drug-likeness (QED) is 0.797. The zero-order chi connectivity index (χ0) is 12.3. The van der Waals surface area contributed by atoms with E-state index in [2.05, 4.69) is 20.8 Å². The maximum absolute atomic E-state index is 12.2. The third kappa shape index (κ3) is 3.48. The van der Waals surface area contributed by atoms with Crippen LogP contribution in [0.1, 0.15) is 46.5 Å². The van der Waals surface area contributed by atoms with Crippen LogP contribution in [0.15, 0.2) is 0 Å². The Morgan fingerprint density at radius 3 is 2.31 bits per heavy atom. The average molecular weight is 226 g/mol. The summed E-state index contributed by atoms with van der Waals surface area (Å²) in [5, 5.41) is 0. The largest absolute Gasteiger partial charge is 0.342 e. The van der Waals surface area contributed by atoms with E-state index in [9.17, 15) is 4.79 Å². The van der Waals surface area contributed by atoms with E-state index >= 15 is 0 Å². The summed E-state index contributed by atoms with van der Waals surface area (Å²) in [5.74, 6) is 0.229. The number of carbonyl (C=O) groups is 1. The Kier molecular flexibility index (Phi) is 4.36. The fourth-order valence-corrected chi connectivity index (χ4v) is 2.25. The molecule has 0 saturated heterocycles. The van der Waals surface area contributed by atoms with Gasteiger partial charge in [-0.3, -0.25) is 4.79 Å². The highest BCUT2D eigenvalue weighted by Gasteiger charge is 2.31. The predicted octanol–water partition coefficient (Wildman–Crippen LogP) is 2.01. The first-order valence-corrected chi connectivity index (χ1v) is 6.32. The molecule has 2 N–H and O–H groups in total. The van der Waals surface area contributed by atoms with Crippen molar-refractivity contribution in [3.05, 3.63) is 0 Å². The van der Waals surface area contributed by atoms with Crippen LogP contribution < -0.4 is 5.73 Å². The highest BCUT2D eigenvalue weighted by atomic mass is 16.2. The normalized spacial score (nSPS) is 19.1. The summed E-state index contributed by atoms with van der Waals surface area (Å²) in [6, 6.07) is 0.474. The van der Waals surface area contributed by atoms with Gasteiger partial charge in [-0.1, -0.05) is 20.8 Å². The summed E-state index contributed by atoms with van der Waals surface area (Å²) >= 11 is 0. The fourth-order valence-electron chi connectivity index (χ4n) is 2.25. The van der Waals surface area contributed by atoms with Crippen molar-refractivity contribution in [1.29, 1.82) is 0 Å². The molecule has 0 aliphatic heterocycles. The van der Waals surface area contributed by atoms with E-state index in [1.165, 1.54) is 6.42 Å². The molecule has 3 nitrogen and oxygen atoms in total. The Hall–Kier alpha value is -0.570. The van der Waals surface area contributed by atoms with Crippen molar-refractivity contribution in [3.63, 3.8) is 0 Å². The molecule has 1 fully saturated rings. The van der Waals surface area contributed by atoms with Gasteiger partial charge in [0.2, 0.25) is 5.91 Å². The summed E-state index contributed by atoms with van der Waals surface area (Å²) in [7, 11) is 1.93. The Labute approximate surface area is 99.4 Å². The number of nitrogens with zero attached hydrogens (tertiary/aromatic N) is 1. The summed E-state index contributed by atoms with van der Waals surface area (Å²) in [5.41, 5.74) is 5.90. The van der Waals surface area contributed by atoms with Crippen molar-refractivity contribution in [1.82, 2.24) is 4.90 Å². The van der Waals surface area contributed by atoms with E-state index in [1.807, 2.05) is 11.9 Å². The smallest absolute Gasteiger partial charge is 0.226 e. The predicted molar refractivity (Wildman–Crippen MR) is 67.0 cm³/mol. The molecule has 0 heterocycles. The number of rotatable bonds is 4. The van der Waals surface area contributed by atoms with Crippen molar-refractivity contribution >= 4 is 5.91 Å². The molecule has 1 aliphatic carbocycles. The van der Waals surface area contributed by atoms with Crippen LogP contribution in [0.5, 0.6) is 0 Å². The number of amides is 1. The Morgan fingerprint density at radius 1 is 1.44 bits per heavy atom. The van der Waals surface area contributed by atoms with Gasteiger partial charge in [-0.05, 0) is 31.1 Å². The van der Waals surface area contributed by atoms with Crippen molar-refractivity contribution in [2.45, 2.75) is 52.5 Å². The lowest BCUT2D eigenvalue weighted by atomic mass is 9.83. The Bertz CT molecular complexity index is 241. The first kappa shape index (κ1) is 13.5. The molecule has 0 aromatic heterocycles. The highest BCUT2D eigenvalue weighted by molar-refractivity contribution is 5.79. The molecule has 0 spiro atoms. The van der Waals surface area contributed by atoms with Crippen molar-refractivity contribution in [2.75, 3.05) is 13.6 Å². The van der Waals surface area contributed by atoms with Gasteiger partial charge in [0.15, 0.2) is 0 Å². The van der Waals surface area contributed by atoms with Crippen LogP contribution in [-0.4, -0.2) is 30.4 Å². The molecular weight excluding hydrogens is 200 g/mol. The number of carbonyl (C=O) groups excluding carboxylic acids is 1. The minimum Gasteiger partial charge on any atom is -0.342 e. The van der Waals surface area contributed by atoms with Gasteiger partial charge in [0, 0.05) is 19.6 Å². The van der Waals surface area contributed by atoms with Crippen LogP contribution in [0.2, 0.25) is 0 Å². The Morgan fingerprint density at radius 2 is 2.00 bits per heavy atom. The molecule has 0 aromatic rings. The maximum Gasteiger partial charge on any atom is 0.226 e. The van der Waals surface area contributed by atoms with Gasteiger partial charge in [-0.2, -0.15) is 0 Å². The van der Waals surface area contributed by atoms with Gasteiger partial charge in [-0.15, -0.1) is 0 Å². The molecule has 16 heavy (non-hydrogen) atoms. The second kappa shape index (κ2) is 5.17. The molecular formula is C13H26N2O. The van der Waals surface area contributed by atoms with Crippen LogP contribution in [0.25, 0.3) is 0 Å². The monoisotopic (exact) mass is 226 g/mol. The first-order valence-electron chi connectivity index (χ1n) is 6.32. The summed E-state index contributed by atoms with van der Waals surface area (Å²) in [6.45, 7) is 6.94. The van der Waals surface area contributed by atoms with Crippen molar-refractivity contribution in [2.24, 2.45) is 17.1 Å². The number of nitrogens with two attached hydrogens (primary N) is 1. The molecule has 0 bridgehead atoms. The van der Waals surface area contributed by atoms with E-state index in [0.29, 0.717) is 12.6 Å². The summed E-state index contributed by atoms with van der Waals surface area (Å²) < 4.78 is 0. The first-order chi connectivity index (χ1) is 7.35. The van der Waals surface area contributed by atoms with Crippen LogP contribution in [0, 0.1) is 11.3 Å². The molecule has 1 aliphatic rings. The topological polar surface area (TPSA) is 46.3 Å². The van der Waals surface area contributed by atoms with Gasteiger partial charge in [0.05, 0.1) is 5.92 Å². The minimum atomic E-state index is -0.00870. The fraction of sp³-hybridized carbons (Fsp3) is 0.923. The van der Waals surface area contributed by atoms with E-state index < -0.39 is 0 Å². The van der Waals surface area contributed by atoms with Gasteiger partial charge in [0.25, 0.3) is 0 Å². The van der Waals surface area contributed by atoms with Gasteiger partial charge < -0.3 is 10.6 Å². The molecule has 0 aromatic carbocycles. The van der Waals surface area contributed by atoms with Crippen LogP contribution in [-0.2, 0) is 4.79 Å². The molecule has 3 heteroatoms. The lowest BCUT2D eigenvalue weighted by Gasteiger charge is -2.37. The molecule has 0 radical (unpaired) electrons. The van der Waals surface area contributed by atoms with Crippen molar-refractivity contribution < 1.29 is 4.79 Å². The standard InChI is InChI=1S/C13H26N2O/c1-13(2,3)8-10(9-14)12(16)15(4)11-6-5-7-11/h10-11H,5-9,14H2,1-4H3. The highest BCUT2D eigenvalue weighted by Crippen LogP contribution is 2.28. The van der Waals surface area contributed by atoms with Gasteiger partial charge >= 0.3 is 0 Å². The average Bonchev–Trinajstić information content (AvgIpc) is 2.08. The molecule has 1 unspecified atom stereocenters. The van der Waals surface area contributed by atoms with Crippen LogP contribution in [0.3, 0.4) is 0 Å². The van der Waals surface area contributed by atoms with Crippen LogP contribution in [0.4, 0.5) is 0 Å². The van der Waals surface area contributed by atoms with E-state index in [-0.39, 0.29) is 17.2 Å². The molecule has 1 amide bonds. The van der Waals surface area contributed by atoms with Gasteiger partial charge in [-0.25, -0.2) is 0 Å². The lowest BCUT2D eigenvalue weighted by molar-refractivity contribution is -0.138. The molecule has 1 atom stereocenters. The zero-order valence-corrected chi connectivity index (χ0v) is 11.1. The number of hydrogen-bond acceptors (Lipinski definition) is 2. The number of hydrogen-bond donors (Lipinski definition) is 1. The Balaban J connectivity index is 2.54. The van der Waals surface area contributed by atoms with E-state index in [1.54, 1.807) is 0 Å². The SMILES string of the molecule is CN(C(=O)C(CN)CC(C)(C)C)C1CCC1. The maximum atomic E-state index is 12.2. The van der Waals surface area contributed by atoms with Crippen molar-refractivity contribution in [3.8, 4) is 0 Å². The molecule has 94 valence electrons. The molecule has 1 saturated carbocycles. The molecule has 1 rings (SSSR count). The summed E-state index contributed by atoms with van der Waals surface area (Å²) in [6.07, 6.45) is 4.46. The van der Waals surface area contributed by atoms with E-state index in [4.69, 9.17) is 5.73 Å². The second-order valence-corrected chi connectivity index (χ2v) is 6.23. The zero-order valence-electron chi connectivity index (χ0n) is 11.1. The summed E-state index contributed by atoms with van der Waals surface area (Å²) in [4.78, 5) is 14.2. The van der Waals surface area contributed by atoms with Gasteiger partial charge in [0.1, 0.15) is 0 Å².